The van der Waals surface area contributed by atoms with Crippen molar-refractivity contribution in [2.45, 2.75) is 22.6 Å². The molecule has 3 fully saturated rings. The standard InChI is InChI=1S/C25H19ClN2O2S3/c26-12-8-6-11(7-9-12)16-17-14-10-15(20(17)32-22-21(16)33-25(31)27-22)19-18(14)23(29)28(24(19)30)13-4-2-1-3-5-13/h1-9,14-20H,10H2,(H,27,31). The van der Waals surface area contributed by atoms with E-state index in [1.165, 1.54) is 15.3 Å². The summed E-state index contributed by atoms with van der Waals surface area (Å²) in [6.07, 6.45) is 0.942. The molecular formula is C25H19ClN2O2S3. The van der Waals surface area contributed by atoms with Crippen LogP contribution in [0.3, 0.4) is 0 Å². The summed E-state index contributed by atoms with van der Waals surface area (Å²) in [7, 11) is 0. The van der Waals surface area contributed by atoms with Crippen LogP contribution in [0.25, 0.3) is 0 Å². The topological polar surface area (TPSA) is 53.2 Å². The number of fused-ring (bicyclic) bond motifs is 9. The molecule has 2 aromatic carbocycles. The molecule has 1 saturated heterocycles. The van der Waals surface area contributed by atoms with Gasteiger partial charge in [-0.2, -0.15) is 0 Å². The van der Waals surface area contributed by atoms with Crippen LogP contribution in [0.15, 0.2) is 59.6 Å². The molecule has 0 radical (unpaired) electrons. The first-order valence-corrected chi connectivity index (χ1v) is 13.6. The van der Waals surface area contributed by atoms with Gasteiger partial charge in [0.05, 0.1) is 22.5 Å². The van der Waals surface area contributed by atoms with Gasteiger partial charge in [0.25, 0.3) is 0 Å². The first-order valence-electron chi connectivity index (χ1n) is 11.1. The summed E-state index contributed by atoms with van der Waals surface area (Å²) in [5, 5.41) is 2.13. The fraction of sp³-hybridized carbons (Fsp3) is 0.320. The normalized spacial score (nSPS) is 33.8. The van der Waals surface area contributed by atoms with Crippen LogP contribution < -0.4 is 4.90 Å². The highest BCUT2D eigenvalue weighted by molar-refractivity contribution is 8.00. The average Bonchev–Trinajstić information content (AvgIpc) is 3.54. The van der Waals surface area contributed by atoms with Gasteiger partial charge in [-0.15, -0.1) is 23.1 Å². The molecule has 0 spiro atoms. The molecule has 7 unspecified atom stereocenters. The molecule has 2 amide bonds. The molecule has 3 aromatic rings. The second-order valence-electron chi connectivity index (χ2n) is 9.36. The van der Waals surface area contributed by atoms with Crippen molar-refractivity contribution in [1.82, 2.24) is 4.98 Å². The zero-order valence-electron chi connectivity index (χ0n) is 17.3. The second kappa shape index (κ2) is 7.28. The van der Waals surface area contributed by atoms with Gasteiger partial charge in [0.1, 0.15) is 0 Å². The first kappa shape index (κ1) is 20.4. The van der Waals surface area contributed by atoms with Crippen molar-refractivity contribution in [2.75, 3.05) is 4.90 Å². The SMILES string of the molecule is O=C1C2C3CC(C2C(=O)N1c1ccccc1)C1C(c2ccc(Cl)cc2)c2sc(=S)[nH]c2SC31. The molecule has 1 N–H and O–H groups in total. The van der Waals surface area contributed by atoms with Gasteiger partial charge in [-0.05, 0) is 66.2 Å². The fourth-order valence-electron chi connectivity index (χ4n) is 6.89. The summed E-state index contributed by atoms with van der Waals surface area (Å²) in [4.78, 5) is 33.3. The highest BCUT2D eigenvalue weighted by Gasteiger charge is 2.69. The van der Waals surface area contributed by atoms with E-state index in [0.717, 1.165) is 15.4 Å². The number of hydrogen-bond acceptors (Lipinski definition) is 5. The van der Waals surface area contributed by atoms with E-state index in [1.807, 2.05) is 54.2 Å². The van der Waals surface area contributed by atoms with Crippen LogP contribution in [0.1, 0.15) is 22.8 Å². The van der Waals surface area contributed by atoms with E-state index in [1.54, 1.807) is 11.3 Å². The Morgan fingerprint density at radius 1 is 0.970 bits per heavy atom. The number of nitrogens with zero attached hydrogens (tertiary/aromatic N) is 1. The monoisotopic (exact) mass is 510 g/mol. The number of anilines is 1. The van der Waals surface area contributed by atoms with Crippen LogP contribution in [-0.2, 0) is 9.59 Å². The summed E-state index contributed by atoms with van der Waals surface area (Å²) < 4.78 is 0.779. The maximum Gasteiger partial charge on any atom is 0.238 e. The molecule has 1 aromatic heterocycles. The van der Waals surface area contributed by atoms with E-state index in [4.69, 9.17) is 23.8 Å². The Labute approximate surface area is 209 Å². The number of benzene rings is 2. The van der Waals surface area contributed by atoms with Gasteiger partial charge < -0.3 is 4.98 Å². The molecule has 4 aliphatic rings. The van der Waals surface area contributed by atoms with Crippen LogP contribution in [0, 0.1) is 33.5 Å². The minimum absolute atomic E-state index is 0.0187. The smallest absolute Gasteiger partial charge is 0.238 e. The molecule has 2 saturated carbocycles. The molecule has 33 heavy (non-hydrogen) atoms. The van der Waals surface area contributed by atoms with E-state index in [0.29, 0.717) is 16.6 Å². The number of thioether (sulfide) groups is 1. The number of aromatic amines is 1. The molecule has 3 heterocycles. The quantitative estimate of drug-likeness (QED) is 0.332. The average molecular weight is 511 g/mol. The van der Waals surface area contributed by atoms with Gasteiger partial charge in [0.2, 0.25) is 11.8 Å². The molecule has 2 aliphatic carbocycles. The van der Waals surface area contributed by atoms with Crippen LogP contribution >= 0.6 is 46.9 Å². The summed E-state index contributed by atoms with van der Waals surface area (Å²) in [5.74, 6) is 0.356. The molecule has 4 nitrogen and oxygen atoms in total. The van der Waals surface area contributed by atoms with Crippen LogP contribution in [-0.4, -0.2) is 22.0 Å². The van der Waals surface area contributed by atoms with Crippen molar-refractivity contribution in [3.05, 3.63) is 74.0 Å². The lowest BCUT2D eigenvalue weighted by Gasteiger charge is -2.43. The van der Waals surface area contributed by atoms with Gasteiger partial charge in [0.15, 0.2) is 3.95 Å². The number of H-pyrrole nitrogens is 1. The minimum Gasteiger partial charge on any atom is -0.332 e. The van der Waals surface area contributed by atoms with E-state index in [-0.39, 0.29) is 46.7 Å². The molecule has 7 atom stereocenters. The lowest BCUT2D eigenvalue weighted by atomic mass is 9.68. The third-order valence-corrected chi connectivity index (χ3v) is 11.2. The van der Waals surface area contributed by atoms with Gasteiger partial charge in [-0.25, -0.2) is 0 Å². The number of rotatable bonds is 2. The number of amides is 2. The molecule has 2 bridgehead atoms. The number of imide groups is 1. The number of hydrogen-bond donors (Lipinski definition) is 1. The van der Waals surface area contributed by atoms with E-state index in [9.17, 15) is 9.59 Å². The number of aromatic nitrogens is 1. The van der Waals surface area contributed by atoms with Crippen molar-refractivity contribution in [1.29, 1.82) is 0 Å². The number of carbonyl (C=O) groups excluding carboxylic acids is 2. The van der Waals surface area contributed by atoms with E-state index >= 15 is 0 Å². The van der Waals surface area contributed by atoms with Crippen LogP contribution in [0.2, 0.25) is 5.02 Å². The van der Waals surface area contributed by atoms with Gasteiger partial charge in [-0.1, -0.05) is 41.9 Å². The minimum atomic E-state index is -0.229. The molecule has 7 rings (SSSR count). The Balaban J connectivity index is 1.34. The van der Waals surface area contributed by atoms with Crippen molar-refractivity contribution < 1.29 is 9.59 Å². The fourth-order valence-corrected chi connectivity index (χ4v) is 10.4. The van der Waals surface area contributed by atoms with Gasteiger partial charge >= 0.3 is 0 Å². The first-order chi connectivity index (χ1) is 16.0. The highest BCUT2D eigenvalue weighted by atomic mass is 35.5. The Hall–Kier alpha value is -1.93. The van der Waals surface area contributed by atoms with E-state index in [2.05, 4.69) is 17.1 Å². The largest absolute Gasteiger partial charge is 0.332 e. The predicted octanol–water partition coefficient (Wildman–Crippen LogP) is 6.14. The third kappa shape index (κ3) is 2.80. The second-order valence-corrected chi connectivity index (χ2v) is 12.7. The summed E-state index contributed by atoms with van der Waals surface area (Å²) in [5.41, 5.74) is 1.90. The van der Waals surface area contributed by atoms with Crippen molar-refractivity contribution in [2.24, 2.45) is 29.6 Å². The predicted molar refractivity (Wildman–Crippen MR) is 133 cm³/mol. The maximum absolute atomic E-state index is 13.7. The van der Waals surface area contributed by atoms with Crippen molar-refractivity contribution in [3.63, 3.8) is 0 Å². The number of thiazole rings is 1. The maximum atomic E-state index is 13.7. The van der Waals surface area contributed by atoms with Crippen molar-refractivity contribution >= 4 is 64.4 Å². The number of nitrogens with one attached hydrogen (secondary N) is 1. The number of halogens is 1. The number of carbonyl (C=O) groups is 2. The zero-order chi connectivity index (χ0) is 22.4. The Bertz CT molecular complexity index is 1350. The Morgan fingerprint density at radius 2 is 1.67 bits per heavy atom. The third-order valence-electron chi connectivity index (χ3n) is 7.97. The molecule has 166 valence electrons. The molecule has 2 aliphatic heterocycles. The summed E-state index contributed by atoms with van der Waals surface area (Å²) >= 11 is 15.2. The molecular weight excluding hydrogens is 492 g/mol. The highest BCUT2D eigenvalue weighted by Crippen LogP contribution is 2.68. The number of para-hydroxylation sites is 1. The lowest BCUT2D eigenvalue weighted by molar-refractivity contribution is -0.123. The van der Waals surface area contributed by atoms with E-state index < -0.39 is 0 Å². The molecule has 8 heteroatoms. The van der Waals surface area contributed by atoms with Gasteiger partial charge in [-0.3, -0.25) is 14.5 Å². The van der Waals surface area contributed by atoms with Crippen molar-refractivity contribution in [3.8, 4) is 0 Å². The Kier molecular flexibility index (Phi) is 4.51. The van der Waals surface area contributed by atoms with Gasteiger partial charge in [0, 0.05) is 21.1 Å². The van der Waals surface area contributed by atoms with Crippen LogP contribution in [0.4, 0.5) is 5.69 Å². The summed E-state index contributed by atoms with van der Waals surface area (Å²) in [6.45, 7) is 0. The Morgan fingerprint density at radius 3 is 2.39 bits per heavy atom. The summed E-state index contributed by atoms with van der Waals surface area (Å²) in [6, 6.07) is 17.5. The zero-order valence-corrected chi connectivity index (χ0v) is 20.5. The van der Waals surface area contributed by atoms with Crippen LogP contribution in [0.5, 0.6) is 0 Å². The lowest BCUT2D eigenvalue weighted by Crippen LogP contribution is -2.42.